The van der Waals surface area contributed by atoms with Gasteiger partial charge in [0.05, 0.1) is 11.0 Å². The highest BCUT2D eigenvalue weighted by Gasteiger charge is 2.03. The molecule has 2 N–H and O–H groups in total. The molecule has 84 valence electrons. The zero-order valence-electron chi connectivity index (χ0n) is 9.77. The number of aryl methyl sites for hydroxylation is 1. The Balaban J connectivity index is 2.43. The lowest BCUT2D eigenvalue weighted by Crippen LogP contribution is -1.97. The third-order valence-corrected chi connectivity index (χ3v) is 3.11. The highest BCUT2D eigenvalue weighted by molar-refractivity contribution is 5.94. The van der Waals surface area contributed by atoms with E-state index in [1.165, 1.54) is 16.3 Å². The van der Waals surface area contributed by atoms with Crippen LogP contribution in [0.3, 0.4) is 0 Å². The number of rotatable bonds is 1. The Hall–Kier alpha value is -1.93. The van der Waals surface area contributed by atoms with E-state index in [0.717, 1.165) is 16.6 Å². The van der Waals surface area contributed by atoms with Crippen molar-refractivity contribution in [3.8, 4) is 0 Å². The normalized spacial score (nSPS) is 11.2. The van der Waals surface area contributed by atoms with Gasteiger partial charge in [0.1, 0.15) is 0 Å². The summed E-state index contributed by atoms with van der Waals surface area (Å²) in [6, 6.07) is 14.6. The lowest BCUT2D eigenvalue weighted by Gasteiger charge is -2.06. The predicted octanol–water partition coefficient (Wildman–Crippen LogP) is 3.16. The Bertz CT molecular complexity index is 702. The number of hydrogen-bond acceptors (Lipinski definition) is 2. The number of nitrogens with zero attached hydrogens (tertiary/aromatic N) is 1. The number of nitrogens with two attached hydrogens (primary N) is 1. The van der Waals surface area contributed by atoms with E-state index in [-0.39, 0.29) is 0 Å². The Morgan fingerprint density at radius 3 is 2.71 bits per heavy atom. The second-order valence-electron chi connectivity index (χ2n) is 4.37. The van der Waals surface area contributed by atoms with Crippen LogP contribution in [0.4, 0.5) is 0 Å². The molecule has 0 saturated carbocycles. The van der Waals surface area contributed by atoms with Crippen LogP contribution in [-0.4, -0.2) is 4.98 Å². The summed E-state index contributed by atoms with van der Waals surface area (Å²) in [5.41, 5.74) is 10.2. The lowest BCUT2D eigenvalue weighted by molar-refractivity contribution is 1.07. The van der Waals surface area contributed by atoms with Gasteiger partial charge in [0.15, 0.2) is 0 Å². The topological polar surface area (TPSA) is 38.9 Å². The molecule has 0 atom stereocenters. The van der Waals surface area contributed by atoms with Crippen LogP contribution >= 0.6 is 0 Å². The van der Waals surface area contributed by atoms with Crippen LogP contribution in [0.15, 0.2) is 42.5 Å². The summed E-state index contributed by atoms with van der Waals surface area (Å²) in [4.78, 5) is 4.71. The molecule has 0 radical (unpaired) electrons. The van der Waals surface area contributed by atoms with E-state index in [0.29, 0.717) is 6.54 Å². The minimum absolute atomic E-state index is 0.573. The van der Waals surface area contributed by atoms with E-state index in [1.807, 2.05) is 18.2 Å². The van der Waals surface area contributed by atoms with Gasteiger partial charge in [0.2, 0.25) is 0 Å². The van der Waals surface area contributed by atoms with Crippen molar-refractivity contribution in [3.05, 3.63) is 53.6 Å². The summed E-state index contributed by atoms with van der Waals surface area (Å²) in [5, 5.41) is 2.35. The monoisotopic (exact) mass is 222 g/mol. The average Bonchev–Trinajstić information content (AvgIpc) is 2.36. The number of aromatic nitrogens is 1. The fourth-order valence-electron chi connectivity index (χ4n) is 2.26. The molecule has 0 aliphatic heterocycles. The molecule has 0 spiro atoms. The molecule has 17 heavy (non-hydrogen) atoms. The summed E-state index contributed by atoms with van der Waals surface area (Å²) in [6.07, 6.45) is 0. The number of pyridine rings is 1. The SMILES string of the molecule is Cc1cc(CN)cc2cc3ccccc3nc12. The number of benzene rings is 2. The van der Waals surface area contributed by atoms with Crippen molar-refractivity contribution in [1.29, 1.82) is 0 Å². The number of para-hydroxylation sites is 1. The second-order valence-corrected chi connectivity index (χ2v) is 4.37. The molecular weight excluding hydrogens is 208 g/mol. The molecule has 1 heterocycles. The van der Waals surface area contributed by atoms with Gasteiger partial charge in [-0.05, 0) is 36.2 Å². The zero-order chi connectivity index (χ0) is 11.8. The van der Waals surface area contributed by atoms with Crippen LogP contribution in [0.1, 0.15) is 11.1 Å². The third-order valence-electron chi connectivity index (χ3n) is 3.11. The predicted molar refractivity (Wildman–Crippen MR) is 71.9 cm³/mol. The quantitative estimate of drug-likeness (QED) is 0.642. The van der Waals surface area contributed by atoms with Crippen LogP contribution in [0.2, 0.25) is 0 Å². The molecule has 0 unspecified atom stereocenters. The standard InChI is InChI=1S/C15H14N2/c1-10-6-11(9-16)7-13-8-12-4-2-3-5-14(12)17-15(10)13/h2-8H,9,16H2,1H3. The molecule has 3 rings (SSSR count). The maximum atomic E-state index is 5.70. The summed E-state index contributed by atoms with van der Waals surface area (Å²) in [5.74, 6) is 0. The highest BCUT2D eigenvalue weighted by atomic mass is 14.7. The van der Waals surface area contributed by atoms with E-state index in [2.05, 4.69) is 31.2 Å². The van der Waals surface area contributed by atoms with Gasteiger partial charge in [-0.1, -0.05) is 24.3 Å². The molecule has 2 nitrogen and oxygen atoms in total. The number of fused-ring (bicyclic) bond motifs is 2. The first kappa shape index (κ1) is 10.2. The molecule has 0 aliphatic rings. The van der Waals surface area contributed by atoms with Gasteiger partial charge in [-0.2, -0.15) is 0 Å². The first-order valence-electron chi connectivity index (χ1n) is 5.77. The number of hydrogen-bond donors (Lipinski definition) is 1. The molecule has 1 aromatic heterocycles. The first-order chi connectivity index (χ1) is 8.28. The molecule has 0 bridgehead atoms. The molecular formula is C15H14N2. The second kappa shape index (κ2) is 3.82. The summed E-state index contributed by atoms with van der Waals surface area (Å²) in [7, 11) is 0. The maximum absolute atomic E-state index is 5.70. The van der Waals surface area contributed by atoms with Crippen LogP contribution in [0.25, 0.3) is 21.8 Å². The van der Waals surface area contributed by atoms with Crippen molar-refractivity contribution in [2.45, 2.75) is 13.5 Å². The van der Waals surface area contributed by atoms with E-state index in [9.17, 15) is 0 Å². The van der Waals surface area contributed by atoms with Gasteiger partial charge < -0.3 is 5.73 Å². The van der Waals surface area contributed by atoms with Crippen LogP contribution in [0, 0.1) is 6.92 Å². The zero-order valence-corrected chi connectivity index (χ0v) is 9.77. The molecule has 0 saturated heterocycles. The first-order valence-corrected chi connectivity index (χ1v) is 5.77. The van der Waals surface area contributed by atoms with Gasteiger partial charge in [0, 0.05) is 17.3 Å². The Labute approximate surface area is 100 Å². The Kier molecular flexibility index (Phi) is 2.30. The molecule has 3 aromatic rings. The third kappa shape index (κ3) is 1.67. The average molecular weight is 222 g/mol. The molecule has 0 aliphatic carbocycles. The molecule has 0 amide bonds. The summed E-state index contributed by atoms with van der Waals surface area (Å²) in [6.45, 7) is 2.66. The van der Waals surface area contributed by atoms with Gasteiger partial charge in [-0.15, -0.1) is 0 Å². The van der Waals surface area contributed by atoms with Gasteiger partial charge in [-0.3, -0.25) is 0 Å². The smallest absolute Gasteiger partial charge is 0.0739 e. The van der Waals surface area contributed by atoms with Crippen molar-refractivity contribution in [2.75, 3.05) is 0 Å². The molecule has 2 heteroatoms. The van der Waals surface area contributed by atoms with Crippen LogP contribution in [0.5, 0.6) is 0 Å². The highest BCUT2D eigenvalue weighted by Crippen LogP contribution is 2.23. The summed E-state index contributed by atoms with van der Waals surface area (Å²) < 4.78 is 0. The van der Waals surface area contributed by atoms with Crippen molar-refractivity contribution in [1.82, 2.24) is 4.98 Å². The summed E-state index contributed by atoms with van der Waals surface area (Å²) >= 11 is 0. The van der Waals surface area contributed by atoms with Crippen LogP contribution in [-0.2, 0) is 6.54 Å². The van der Waals surface area contributed by atoms with Crippen molar-refractivity contribution in [3.63, 3.8) is 0 Å². The fourth-order valence-corrected chi connectivity index (χ4v) is 2.26. The minimum atomic E-state index is 0.573. The molecule has 0 fully saturated rings. The van der Waals surface area contributed by atoms with Crippen molar-refractivity contribution >= 4 is 21.8 Å². The van der Waals surface area contributed by atoms with Crippen molar-refractivity contribution in [2.24, 2.45) is 5.73 Å². The minimum Gasteiger partial charge on any atom is -0.326 e. The molecule has 2 aromatic carbocycles. The Morgan fingerprint density at radius 1 is 1.06 bits per heavy atom. The van der Waals surface area contributed by atoms with E-state index < -0.39 is 0 Å². The van der Waals surface area contributed by atoms with Gasteiger partial charge in [0.25, 0.3) is 0 Å². The van der Waals surface area contributed by atoms with Gasteiger partial charge >= 0.3 is 0 Å². The van der Waals surface area contributed by atoms with Crippen molar-refractivity contribution < 1.29 is 0 Å². The lowest BCUT2D eigenvalue weighted by atomic mass is 10.0. The van der Waals surface area contributed by atoms with E-state index in [1.54, 1.807) is 0 Å². The largest absolute Gasteiger partial charge is 0.326 e. The fraction of sp³-hybridized carbons (Fsp3) is 0.133. The van der Waals surface area contributed by atoms with Crippen LogP contribution < -0.4 is 5.73 Å². The maximum Gasteiger partial charge on any atom is 0.0739 e. The Morgan fingerprint density at radius 2 is 1.88 bits per heavy atom. The van der Waals surface area contributed by atoms with E-state index >= 15 is 0 Å². The van der Waals surface area contributed by atoms with E-state index in [4.69, 9.17) is 10.7 Å². The van der Waals surface area contributed by atoms with Gasteiger partial charge in [-0.25, -0.2) is 4.98 Å².